The Kier molecular flexibility index (Phi) is 11.8. The summed E-state index contributed by atoms with van der Waals surface area (Å²) in [6, 6.07) is 6.02. The Hall–Kier alpha value is -1.77. The van der Waals surface area contributed by atoms with Crippen LogP contribution in [0, 0.1) is 17.3 Å². The summed E-state index contributed by atoms with van der Waals surface area (Å²) in [5.41, 5.74) is 2.95. The van der Waals surface area contributed by atoms with Gasteiger partial charge in [0.1, 0.15) is 11.9 Å². The Labute approximate surface area is 239 Å². The monoisotopic (exact) mass is 536 g/mol. The number of carbonyl (C=O) groups is 1. The van der Waals surface area contributed by atoms with Crippen LogP contribution in [0.2, 0.25) is 0 Å². The van der Waals surface area contributed by atoms with Crippen molar-refractivity contribution in [3.8, 4) is 5.75 Å². The average molecular weight is 537 g/mol. The van der Waals surface area contributed by atoms with Crippen LogP contribution in [0.4, 0.5) is 0 Å². The van der Waals surface area contributed by atoms with Gasteiger partial charge in [-0.2, -0.15) is 0 Å². The molecule has 3 heteroatoms. The second-order valence-corrected chi connectivity index (χ2v) is 13.2. The Morgan fingerprint density at radius 1 is 0.923 bits per heavy atom. The molecule has 3 aliphatic rings. The molecular weight excluding hydrogens is 480 g/mol. The summed E-state index contributed by atoms with van der Waals surface area (Å²) in [6.45, 7) is 4.69. The van der Waals surface area contributed by atoms with E-state index in [1.165, 1.54) is 101 Å². The molecule has 3 nitrogen and oxygen atoms in total. The van der Waals surface area contributed by atoms with Crippen molar-refractivity contribution < 1.29 is 14.6 Å². The van der Waals surface area contributed by atoms with Crippen LogP contribution in [0.15, 0.2) is 30.4 Å². The molecule has 3 aliphatic carbocycles. The lowest BCUT2D eigenvalue weighted by atomic mass is 9.55. The Balaban J connectivity index is 1.08. The molecule has 2 saturated carbocycles. The number of rotatable bonds is 16. The molecule has 218 valence electrons. The lowest BCUT2D eigenvalue weighted by Crippen LogP contribution is -2.45. The second kappa shape index (κ2) is 15.3. The molecule has 1 aromatic carbocycles. The number of fused-ring (bicyclic) bond motifs is 5. The van der Waals surface area contributed by atoms with E-state index in [9.17, 15) is 9.90 Å². The van der Waals surface area contributed by atoms with Crippen LogP contribution >= 0.6 is 0 Å². The number of benzene rings is 1. The fourth-order valence-electron chi connectivity index (χ4n) is 8.27. The molecule has 39 heavy (non-hydrogen) atoms. The summed E-state index contributed by atoms with van der Waals surface area (Å²) in [5.74, 6) is 2.38. The minimum absolute atomic E-state index is 0.0334. The van der Waals surface area contributed by atoms with E-state index in [0.717, 1.165) is 32.1 Å². The highest BCUT2D eigenvalue weighted by molar-refractivity contribution is 5.69. The third-order valence-electron chi connectivity index (χ3n) is 10.5. The zero-order valence-electron chi connectivity index (χ0n) is 25.1. The molecule has 5 atom stereocenters. The summed E-state index contributed by atoms with van der Waals surface area (Å²) < 4.78 is 6.19. The van der Waals surface area contributed by atoms with Gasteiger partial charge in [0.05, 0.1) is 0 Å². The standard InChI is InChI=1S/C36H56O3/c1-3-4-5-6-7-8-9-10-11-12-13-14-15-16-17-18-35(38)39-34-24-23-33-32-21-19-28-27-29(37)20-22-30(28)31(32)25-26-36(33,34)2/h10-11,20,22,27,31-34,37H,3-9,12-19,21,23-26H2,1-2H3/b11-10-/t31-,32-,33+,34+,36+/m1/s1. The van der Waals surface area contributed by atoms with Crippen LogP contribution < -0.4 is 0 Å². The van der Waals surface area contributed by atoms with E-state index in [4.69, 9.17) is 4.74 Å². The summed E-state index contributed by atoms with van der Waals surface area (Å²) in [7, 11) is 0. The lowest BCUT2D eigenvalue weighted by molar-refractivity contribution is -0.157. The maximum atomic E-state index is 12.8. The van der Waals surface area contributed by atoms with Crippen molar-refractivity contribution in [2.45, 2.75) is 154 Å². The maximum absolute atomic E-state index is 12.8. The van der Waals surface area contributed by atoms with Gasteiger partial charge in [-0.3, -0.25) is 4.79 Å². The van der Waals surface area contributed by atoms with Crippen LogP contribution in [0.1, 0.15) is 153 Å². The molecule has 1 N–H and O–H groups in total. The normalized spacial score (nSPS) is 27.7. The van der Waals surface area contributed by atoms with Crippen molar-refractivity contribution >= 4 is 5.97 Å². The van der Waals surface area contributed by atoms with Gasteiger partial charge < -0.3 is 9.84 Å². The Bertz CT molecular complexity index is 920. The number of esters is 1. The molecule has 4 rings (SSSR count). The van der Waals surface area contributed by atoms with Crippen LogP contribution in [0.25, 0.3) is 0 Å². The highest BCUT2D eigenvalue weighted by atomic mass is 16.5. The van der Waals surface area contributed by atoms with Gasteiger partial charge in [0.25, 0.3) is 0 Å². The largest absolute Gasteiger partial charge is 0.508 e. The first-order valence-electron chi connectivity index (χ1n) is 16.7. The van der Waals surface area contributed by atoms with Gasteiger partial charge in [0, 0.05) is 11.8 Å². The Morgan fingerprint density at radius 2 is 1.62 bits per heavy atom. The molecule has 1 aromatic rings. The summed E-state index contributed by atoms with van der Waals surface area (Å²) in [6.07, 6.45) is 28.8. The summed E-state index contributed by atoms with van der Waals surface area (Å²) in [5, 5.41) is 9.93. The van der Waals surface area contributed by atoms with Gasteiger partial charge in [0.2, 0.25) is 0 Å². The van der Waals surface area contributed by atoms with E-state index in [-0.39, 0.29) is 17.5 Å². The number of aryl methyl sites for hydroxylation is 1. The summed E-state index contributed by atoms with van der Waals surface area (Å²) in [4.78, 5) is 12.8. The van der Waals surface area contributed by atoms with Crippen LogP contribution in [-0.2, 0) is 16.0 Å². The molecule has 0 spiro atoms. The molecule has 0 amide bonds. The fraction of sp³-hybridized carbons (Fsp3) is 0.750. The van der Waals surface area contributed by atoms with Gasteiger partial charge >= 0.3 is 5.97 Å². The minimum atomic E-state index is 0.0334. The van der Waals surface area contributed by atoms with E-state index in [1.54, 1.807) is 0 Å². The van der Waals surface area contributed by atoms with Gasteiger partial charge in [-0.15, -0.1) is 0 Å². The molecule has 2 fully saturated rings. The van der Waals surface area contributed by atoms with Crippen molar-refractivity contribution in [3.63, 3.8) is 0 Å². The van der Waals surface area contributed by atoms with Gasteiger partial charge in [-0.25, -0.2) is 0 Å². The van der Waals surface area contributed by atoms with E-state index in [2.05, 4.69) is 32.1 Å². The van der Waals surface area contributed by atoms with Crippen molar-refractivity contribution in [2.75, 3.05) is 0 Å². The molecule has 0 radical (unpaired) electrons. The number of hydrogen-bond acceptors (Lipinski definition) is 3. The number of aromatic hydroxyl groups is 1. The molecule has 0 unspecified atom stereocenters. The van der Waals surface area contributed by atoms with E-state index < -0.39 is 0 Å². The molecule has 0 saturated heterocycles. The third kappa shape index (κ3) is 8.14. The van der Waals surface area contributed by atoms with Gasteiger partial charge in [0.15, 0.2) is 0 Å². The first-order valence-corrected chi connectivity index (χ1v) is 16.7. The molecular formula is C36H56O3. The fourth-order valence-corrected chi connectivity index (χ4v) is 8.27. The average Bonchev–Trinajstić information content (AvgIpc) is 3.26. The first kappa shape index (κ1) is 30.2. The van der Waals surface area contributed by atoms with E-state index in [0.29, 0.717) is 29.9 Å². The molecule has 0 heterocycles. The number of phenolic OH excluding ortho intramolecular Hbond substituents is 1. The first-order chi connectivity index (χ1) is 19.0. The van der Waals surface area contributed by atoms with Crippen molar-refractivity contribution in [1.29, 1.82) is 0 Å². The second-order valence-electron chi connectivity index (χ2n) is 13.2. The lowest BCUT2D eigenvalue weighted by Gasteiger charge is -2.50. The number of ether oxygens (including phenoxy) is 1. The number of unbranched alkanes of at least 4 members (excludes halogenated alkanes) is 11. The van der Waals surface area contributed by atoms with E-state index >= 15 is 0 Å². The predicted molar refractivity (Wildman–Crippen MR) is 162 cm³/mol. The van der Waals surface area contributed by atoms with Crippen LogP contribution in [-0.4, -0.2) is 17.2 Å². The smallest absolute Gasteiger partial charge is 0.306 e. The number of allylic oxidation sites excluding steroid dienone is 2. The zero-order chi connectivity index (χ0) is 27.5. The van der Waals surface area contributed by atoms with Crippen molar-refractivity contribution in [2.24, 2.45) is 17.3 Å². The number of phenols is 1. The van der Waals surface area contributed by atoms with Crippen LogP contribution in [0.5, 0.6) is 5.75 Å². The third-order valence-corrected chi connectivity index (χ3v) is 10.5. The van der Waals surface area contributed by atoms with Crippen LogP contribution in [0.3, 0.4) is 0 Å². The SMILES string of the molecule is CCCCCCCC/C=C\CCCCCCCC(=O)O[C@H]1CC[C@H]2[C@@H]3CCc4cc(O)ccc4[C@H]3CC[C@]12C. The molecule has 0 aromatic heterocycles. The van der Waals surface area contributed by atoms with Gasteiger partial charge in [-0.05, 0) is 112 Å². The van der Waals surface area contributed by atoms with Crippen molar-refractivity contribution in [3.05, 3.63) is 41.5 Å². The summed E-state index contributed by atoms with van der Waals surface area (Å²) >= 11 is 0. The van der Waals surface area contributed by atoms with Gasteiger partial charge in [-0.1, -0.05) is 83.4 Å². The highest BCUT2D eigenvalue weighted by Gasteiger charge is 2.56. The minimum Gasteiger partial charge on any atom is -0.508 e. The topological polar surface area (TPSA) is 46.5 Å². The maximum Gasteiger partial charge on any atom is 0.306 e. The highest BCUT2D eigenvalue weighted by Crippen LogP contribution is 2.61. The Morgan fingerprint density at radius 3 is 2.36 bits per heavy atom. The number of hydrogen-bond donors (Lipinski definition) is 1. The number of carbonyl (C=O) groups excluding carboxylic acids is 1. The van der Waals surface area contributed by atoms with E-state index in [1.807, 2.05) is 12.1 Å². The van der Waals surface area contributed by atoms with Crippen molar-refractivity contribution in [1.82, 2.24) is 0 Å². The molecule has 0 bridgehead atoms. The quantitative estimate of drug-likeness (QED) is 0.130. The zero-order valence-corrected chi connectivity index (χ0v) is 25.1. The predicted octanol–water partition coefficient (Wildman–Crippen LogP) is 10.2. The molecule has 0 aliphatic heterocycles.